The number of ether oxygens (including phenoxy) is 1. The molecule has 0 spiro atoms. The third kappa shape index (κ3) is 8.02. The highest BCUT2D eigenvalue weighted by Gasteiger charge is 2.36. The van der Waals surface area contributed by atoms with Crippen LogP contribution in [0.5, 0.6) is 0 Å². The zero-order valence-electron chi connectivity index (χ0n) is 20.0. The first-order valence-electron chi connectivity index (χ1n) is 11.9. The molecule has 4 N–H and O–H groups in total. The van der Waals surface area contributed by atoms with Gasteiger partial charge in [0, 0.05) is 18.8 Å². The molecule has 0 bridgehead atoms. The van der Waals surface area contributed by atoms with Crippen LogP contribution in [0, 0.1) is 11.3 Å². The summed E-state index contributed by atoms with van der Waals surface area (Å²) >= 11 is 0. The lowest BCUT2D eigenvalue weighted by molar-refractivity contribution is -0.135. The van der Waals surface area contributed by atoms with Crippen LogP contribution in [0.3, 0.4) is 0 Å². The topological polar surface area (TPSA) is 115 Å². The van der Waals surface area contributed by atoms with E-state index in [0.29, 0.717) is 31.2 Å². The van der Waals surface area contributed by atoms with Crippen LogP contribution in [0.25, 0.3) is 0 Å². The molecule has 0 aromatic heterocycles. The van der Waals surface area contributed by atoms with Gasteiger partial charge in [0.25, 0.3) is 5.91 Å². The fourth-order valence-corrected chi connectivity index (χ4v) is 4.26. The van der Waals surface area contributed by atoms with Crippen molar-refractivity contribution in [2.45, 2.75) is 64.2 Å². The molecule has 1 aromatic carbocycles. The van der Waals surface area contributed by atoms with Crippen molar-refractivity contribution < 1.29 is 19.4 Å². The Hall–Kier alpha value is -3.13. The van der Waals surface area contributed by atoms with E-state index in [1.807, 2.05) is 30.3 Å². The van der Waals surface area contributed by atoms with Gasteiger partial charge in [-0.05, 0) is 37.8 Å². The minimum absolute atomic E-state index is 0.0789. The lowest BCUT2D eigenvalue weighted by atomic mass is 9.96. The van der Waals surface area contributed by atoms with Gasteiger partial charge in [-0.1, -0.05) is 56.0 Å². The predicted molar refractivity (Wildman–Crippen MR) is 131 cm³/mol. The number of amidine groups is 1. The molecule has 34 heavy (non-hydrogen) atoms. The summed E-state index contributed by atoms with van der Waals surface area (Å²) in [5, 5.41) is 23.3. The molecular weight excluding hydrogens is 432 g/mol. The van der Waals surface area contributed by atoms with Crippen molar-refractivity contribution in [3.8, 4) is 0 Å². The van der Waals surface area contributed by atoms with E-state index in [1.165, 1.54) is 18.4 Å². The number of carbonyl (C=O) groups is 2. The van der Waals surface area contributed by atoms with Crippen LogP contribution in [0.15, 0.2) is 54.4 Å². The summed E-state index contributed by atoms with van der Waals surface area (Å²) in [5.74, 6) is 0.245. The van der Waals surface area contributed by atoms with Crippen molar-refractivity contribution in [3.63, 3.8) is 0 Å². The minimum atomic E-state index is -0.883. The summed E-state index contributed by atoms with van der Waals surface area (Å²) in [6.07, 6.45) is 9.36. The molecular formula is C26H36N4O4. The van der Waals surface area contributed by atoms with Gasteiger partial charge in [0.05, 0.1) is 12.1 Å². The molecule has 2 amide bonds. The second-order valence-electron chi connectivity index (χ2n) is 9.68. The smallest absolute Gasteiger partial charge is 0.251 e. The second kappa shape index (κ2) is 11.8. The molecule has 1 heterocycles. The number of nitrogens with zero attached hydrogens (tertiary/aromatic N) is 1. The third-order valence-electron chi connectivity index (χ3n) is 6.03. The van der Waals surface area contributed by atoms with Crippen molar-refractivity contribution >= 4 is 17.6 Å². The maximum Gasteiger partial charge on any atom is 0.251 e. The lowest BCUT2D eigenvalue weighted by Crippen LogP contribution is -2.50. The minimum Gasteiger partial charge on any atom is -0.491 e. The Morgan fingerprint density at radius 2 is 2.00 bits per heavy atom. The molecule has 184 valence electrons. The highest BCUT2D eigenvalue weighted by Crippen LogP contribution is 2.31. The Morgan fingerprint density at radius 3 is 2.68 bits per heavy atom. The number of rotatable bonds is 11. The number of carbonyl (C=O) groups excluding carboxylic acids is 2. The maximum atomic E-state index is 13.1. The Labute approximate surface area is 201 Å². The molecule has 1 aromatic rings. The zero-order valence-corrected chi connectivity index (χ0v) is 20.0. The van der Waals surface area contributed by atoms with Gasteiger partial charge in [-0.25, -0.2) is 0 Å². The van der Waals surface area contributed by atoms with Crippen LogP contribution in [-0.2, 0) is 20.9 Å². The molecule has 0 unspecified atom stereocenters. The Kier molecular flexibility index (Phi) is 8.87. The van der Waals surface area contributed by atoms with Gasteiger partial charge in [0.1, 0.15) is 24.2 Å². The van der Waals surface area contributed by atoms with E-state index in [9.17, 15) is 14.7 Å². The second-order valence-corrected chi connectivity index (χ2v) is 9.68. The summed E-state index contributed by atoms with van der Waals surface area (Å²) < 4.78 is 5.85. The molecule has 8 heteroatoms. The first-order chi connectivity index (χ1) is 16.2. The molecule has 1 atom stereocenters. The quantitative estimate of drug-likeness (QED) is 0.295. The zero-order chi connectivity index (χ0) is 24.6. The van der Waals surface area contributed by atoms with Gasteiger partial charge in [0.15, 0.2) is 0 Å². The van der Waals surface area contributed by atoms with E-state index in [0.717, 1.165) is 31.2 Å². The average molecular weight is 469 g/mol. The molecule has 1 aliphatic carbocycles. The molecule has 0 radical (unpaired) electrons. The molecule has 1 aliphatic heterocycles. The Bertz CT molecular complexity index is 914. The molecule has 2 aliphatic rings. The normalized spacial score (nSPS) is 17.7. The van der Waals surface area contributed by atoms with Crippen LogP contribution >= 0.6 is 0 Å². The molecule has 3 rings (SSSR count). The summed E-state index contributed by atoms with van der Waals surface area (Å²) in [4.78, 5) is 27.5. The number of hydrogen-bond acceptors (Lipinski definition) is 6. The van der Waals surface area contributed by atoms with Crippen LogP contribution in [-0.4, -0.2) is 52.4 Å². The van der Waals surface area contributed by atoms with E-state index in [4.69, 9.17) is 10.1 Å². The van der Waals surface area contributed by atoms with Gasteiger partial charge in [-0.2, -0.15) is 0 Å². The largest absolute Gasteiger partial charge is 0.491 e. The molecule has 8 nitrogen and oxygen atoms in total. The van der Waals surface area contributed by atoms with Crippen LogP contribution in [0.1, 0.15) is 51.5 Å². The van der Waals surface area contributed by atoms with E-state index < -0.39 is 11.6 Å². The summed E-state index contributed by atoms with van der Waals surface area (Å²) in [7, 11) is 0. The average Bonchev–Trinajstić information content (AvgIpc) is 3.43. The number of nitrogens with one attached hydrogen (secondary N) is 3. The Balaban J connectivity index is 1.60. The van der Waals surface area contributed by atoms with E-state index in [-0.39, 0.29) is 24.2 Å². The highest BCUT2D eigenvalue weighted by atomic mass is 16.5. The van der Waals surface area contributed by atoms with E-state index >= 15 is 0 Å². The number of hydrogen-bond donors (Lipinski definition) is 4. The van der Waals surface area contributed by atoms with Crippen molar-refractivity contribution in [3.05, 3.63) is 60.0 Å². The lowest BCUT2D eigenvalue weighted by Gasteiger charge is -2.29. The first kappa shape index (κ1) is 25.5. The summed E-state index contributed by atoms with van der Waals surface area (Å²) in [6, 6.07) is 9.06. The summed E-state index contributed by atoms with van der Waals surface area (Å²) in [6.45, 7) is 4.27. The summed E-state index contributed by atoms with van der Waals surface area (Å²) in [5.41, 5.74) is 0.124. The first-order valence-corrected chi connectivity index (χ1v) is 11.9. The van der Waals surface area contributed by atoms with Gasteiger partial charge in [-0.3, -0.25) is 15.0 Å². The maximum absolute atomic E-state index is 13.1. The van der Waals surface area contributed by atoms with Gasteiger partial charge in [-0.15, -0.1) is 0 Å². The van der Waals surface area contributed by atoms with Crippen molar-refractivity contribution in [2.24, 2.45) is 5.92 Å². The van der Waals surface area contributed by atoms with Crippen LogP contribution < -0.4 is 10.6 Å². The van der Waals surface area contributed by atoms with Crippen LogP contribution in [0.4, 0.5) is 0 Å². The fourth-order valence-electron chi connectivity index (χ4n) is 4.26. The number of amides is 2. The SMILES string of the molecule is CC(C)(O)CN/C=C\C(=N)NC(=O)[C@H](CC1CCCC1)N1CC(OCc2ccccc2)=CC1=O. The predicted octanol–water partition coefficient (Wildman–Crippen LogP) is 2.85. The third-order valence-corrected chi connectivity index (χ3v) is 6.03. The van der Waals surface area contributed by atoms with Crippen molar-refractivity contribution in [1.29, 1.82) is 5.41 Å². The molecule has 0 saturated heterocycles. The molecule has 1 fully saturated rings. The van der Waals surface area contributed by atoms with Crippen LogP contribution in [0.2, 0.25) is 0 Å². The monoisotopic (exact) mass is 468 g/mol. The van der Waals surface area contributed by atoms with E-state index in [2.05, 4.69) is 10.6 Å². The van der Waals surface area contributed by atoms with Crippen molar-refractivity contribution in [1.82, 2.24) is 15.5 Å². The van der Waals surface area contributed by atoms with Gasteiger partial charge < -0.3 is 25.4 Å². The Morgan fingerprint density at radius 1 is 1.29 bits per heavy atom. The van der Waals surface area contributed by atoms with Gasteiger partial charge >= 0.3 is 0 Å². The highest BCUT2D eigenvalue weighted by molar-refractivity contribution is 6.05. The van der Waals surface area contributed by atoms with E-state index in [1.54, 1.807) is 18.7 Å². The standard InChI is InChI=1S/C26H36N4O4/c1-26(2,33)18-28-13-12-23(27)29-25(32)22(14-19-8-6-7-9-19)30-16-21(15-24(30)31)34-17-20-10-4-3-5-11-20/h3-5,10-13,15,19,22,28,33H,6-9,14,16-18H2,1-2H3,(H2,27,29,32)/b13-12-/t22-/m0/s1. The van der Waals surface area contributed by atoms with Crippen molar-refractivity contribution in [2.75, 3.05) is 13.1 Å². The fraction of sp³-hybridized carbons (Fsp3) is 0.500. The van der Waals surface area contributed by atoms with Gasteiger partial charge in [0.2, 0.25) is 5.91 Å². The molecule has 1 saturated carbocycles. The number of benzene rings is 1. The number of aliphatic hydroxyl groups is 1.